The van der Waals surface area contributed by atoms with E-state index < -0.39 is 17.7 Å². The number of anilines is 2. The van der Waals surface area contributed by atoms with Gasteiger partial charge in [0.05, 0.1) is 26.0 Å². The van der Waals surface area contributed by atoms with E-state index in [0.717, 1.165) is 0 Å². The third-order valence-electron chi connectivity index (χ3n) is 3.19. The summed E-state index contributed by atoms with van der Waals surface area (Å²) >= 11 is 0. The van der Waals surface area contributed by atoms with E-state index in [0.29, 0.717) is 37.8 Å². The first-order valence-electron chi connectivity index (χ1n) is 7.71. The summed E-state index contributed by atoms with van der Waals surface area (Å²) in [5.41, 5.74) is -0.0799. The van der Waals surface area contributed by atoms with Crippen molar-refractivity contribution in [2.24, 2.45) is 0 Å². The van der Waals surface area contributed by atoms with Crippen molar-refractivity contribution in [3.8, 4) is 0 Å². The Labute approximate surface area is 141 Å². The standard InChI is InChI=1S/C16H23N3O5/c1-16(2,3)24-15(21)17-11-9-12(14(20)22-4)18-13(10-11)19-5-7-23-8-6-19/h9-10H,5-8H2,1-4H3,(H,17,18,21). The first-order valence-corrected chi connectivity index (χ1v) is 7.71. The molecule has 0 bridgehead atoms. The van der Waals surface area contributed by atoms with Crippen LogP contribution in [0.1, 0.15) is 31.3 Å². The Balaban J connectivity index is 2.25. The highest BCUT2D eigenvalue weighted by Gasteiger charge is 2.20. The Morgan fingerprint density at radius 1 is 1.25 bits per heavy atom. The fraction of sp³-hybridized carbons (Fsp3) is 0.562. The van der Waals surface area contributed by atoms with Gasteiger partial charge in [-0.15, -0.1) is 0 Å². The van der Waals surface area contributed by atoms with E-state index in [2.05, 4.69) is 10.3 Å². The number of carbonyl (C=O) groups is 2. The Kier molecular flexibility index (Phi) is 5.61. The Bertz CT molecular complexity index is 606. The number of methoxy groups -OCH3 is 1. The molecule has 8 nitrogen and oxygen atoms in total. The van der Waals surface area contributed by atoms with Crippen molar-refractivity contribution in [1.82, 2.24) is 4.98 Å². The number of nitrogens with one attached hydrogen (secondary N) is 1. The second-order valence-corrected chi connectivity index (χ2v) is 6.32. The monoisotopic (exact) mass is 337 g/mol. The Morgan fingerprint density at radius 2 is 1.92 bits per heavy atom. The summed E-state index contributed by atoms with van der Waals surface area (Å²) in [6.07, 6.45) is -0.600. The molecular weight excluding hydrogens is 314 g/mol. The first kappa shape index (κ1) is 18.0. The lowest BCUT2D eigenvalue weighted by Crippen LogP contribution is -2.37. The minimum atomic E-state index is -0.616. The molecule has 1 aromatic heterocycles. The maximum atomic E-state index is 12.0. The number of ether oxygens (including phenoxy) is 3. The van der Waals surface area contributed by atoms with Crippen molar-refractivity contribution >= 4 is 23.6 Å². The van der Waals surface area contributed by atoms with Crippen LogP contribution in [0.2, 0.25) is 0 Å². The van der Waals surface area contributed by atoms with Crippen molar-refractivity contribution in [2.75, 3.05) is 43.6 Å². The van der Waals surface area contributed by atoms with Gasteiger partial charge in [-0.2, -0.15) is 0 Å². The molecule has 1 aromatic rings. The quantitative estimate of drug-likeness (QED) is 0.844. The van der Waals surface area contributed by atoms with Gasteiger partial charge in [-0.3, -0.25) is 5.32 Å². The molecule has 24 heavy (non-hydrogen) atoms. The zero-order valence-electron chi connectivity index (χ0n) is 14.4. The predicted molar refractivity (Wildman–Crippen MR) is 88.5 cm³/mol. The smallest absolute Gasteiger partial charge is 0.412 e. The number of esters is 1. The third kappa shape index (κ3) is 5.09. The van der Waals surface area contributed by atoms with Crippen LogP contribution in [0.5, 0.6) is 0 Å². The fourth-order valence-corrected chi connectivity index (χ4v) is 2.17. The predicted octanol–water partition coefficient (Wildman–Crippen LogP) is 2.05. The van der Waals surface area contributed by atoms with Crippen LogP contribution in [0.25, 0.3) is 0 Å². The summed E-state index contributed by atoms with van der Waals surface area (Å²) in [6.45, 7) is 7.80. The largest absolute Gasteiger partial charge is 0.464 e. The van der Waals surface area contributed by atoms with Crippen molar-refractivity contribution in [3.05, 3.63) is 17.8 Å². The first-order chi connectivity index (χ1) is 11.3. The SMILES string of the molecule is COC(=O)c1cc(NC(=O)OC(C)(C)C)cc(N2CCOCC2)n1. The van der Waals surface area contributed by atoms with Gasteiger partial charge in [-0.25, -0.2) is 14.6 Å². The molecule has 2 heterocycles. The minimum Gasteiger partial charge on any atom is -0.464 e. The molecule has 0 atom stereocenters. The van der Waals surface area contributed by atoms with Crippen LogP contribution in [0.4, 0.5) is 16.3 Å². The lowest BCUT2D eigenvalue weighted by molar-refractivity contribution is 0.0590. The summed E-state index contributed by atoms with van der Waals surface area (Å²) < 4.78 is 15.3. The van der Waals surface area contributed by atoms with Crippen LogP contribution in [0.15, 0.2) is 12.1 Å². The molecule has 8 heteroatoms. The number of rotatable bonds is 3. The van der Waals surface area contributed by atoms with Crippen LogP contribution in [-0.4, -0.2) is 56.1 Å². The van der Waals surface area contributed by atoms with E-state index in [4.69, 9.17) is 14.2 Å². The number of carbonyl (C=O) groups excluding carboxylic acids is 2. The highest BCUT2D eigenvalue weighted by Crippen LogP contribution is 2.21. The summed E-state index contributed by atoms with van der Waals surface area (Å²) in [5.74, 6) is 0.00427. The van der Waals surface area contributed by atoms with Gasteiger partial charge in [0, 0.05) is 19.2 Å². The van der Waals surface area contributed by atoms with Gasteiger partial charge in [0.25, 0.3) is 0 Å². The highest BCUT2D eigenvalue weighted by atomic mass is 16.6. The molecule has 1 aliphatic rings. The molecule has 0 radical (unpaired) electrons. The number of nitrogens with zero attached hydrogens (tertiary/aromatic N) is 2. The van der Waals surface area contributed by atoms with Crippen molar-refractivity contribution in [2.45, 2.75) is 26.4 Å². The van der Waals surface area contributed by atoms with Gasteiger partial charge in [0.1, 0.15) is 11.4 Å². The van der Waals surface area contributed by atoms with Crippen molar-refractivity contribution in [3.63, 3.8) is 0 Å². The molecule has 0 aliphatic carbocycles. The van der Waals surface area contributed by atoms with Crippen LogP contribution < -0.4 is 10.2 Å². The zero-order chi connectivity index (χ0) is 17.7. The highest BCUT2D eigenvalue weighted by molar-refractivity contribution is 5.92. The number of amides is 1. The van der Waals surface area contributed by atoms with E-state index in [1.54, 1.807) is 26.8 Å². The molecule has 1 amide bonds. The van der Waals surface area contributed by atoms with E-state index in [1.807, 2.05) is 4.90 Å². The van der Waals surface area contributed by atoms with Crippen LogP contribution in [-0.2, 0) is 14.2 Å². The summed E-state index contributed by atoms with van der Waals surface area (Å²) in [6, 6.07) is 3.15. The number of hydrogen-bond donors (Lipinski definition) is 1. The topological polar surface area (TPSA) is 90.0 Å². The van der Waals surface area contributed by atoms with E-state index >= 15 is 0 Å². The third-order valence-corrected chi connectivity index (χ3v) is 3.19. The van der Waals surface area contributed by atoms with Gasteiger partial charge in [-0.05, 0) is 26.8 Å². The molecule has 1 fully saturated rings. The summed E-state index contributed by atoms with van der Waals surface area (Å²) in [4.78, 5) is 30.1. The maximum Gasteiger partial charge on any atom is 0.412 e. The molecule has 132 valence electrons. The van der Waals surface area contributed by atoms with E-state index in [1.165, 1.54) is 13.2 Å². The zero-order valence-corrected chi connectivity index (χ0v) is 14.4. The number of aromatic nitrogens is 1. The molecule has 0 unspecified atom stereocenters. The Hall–Kier alpha value is -2.35. The van der Waals surface area contributed by atoms with Gasteiger partial charge in [0.2, 0.25) is 0 Å². The maximum absolute atomic E-state index is 12.0. The minimum absolute atomic E-state index is 0.118. The number of pyridine rings is 1. The molecule has 2 rings (SSSR count). The number of morpholine rings is 1. The second kappa shape index (κ2) is 7.48. The lowest BCUT2D eigenvalue weighted by Gasteiger charge is -2.28. The number of hydrogen-bond acceptors (Lipinski definition) is 7. The molecule has 1 N–H and O–H groups in total. The van der Waals surface area contributed by atoms with Gasteiger partial charge < -0.3 is 19.1 Å². The molecule has 0 spiro atoms. The van der Waals surface area contributed by atoms with Gasteiger partial charge in [-0.1, -0.05) is 0 Å². The Morgan fingerprint density at radius 3 is 2.50 bits per heavy atom. The molecule has 1 saturated heterocycles. The second-order valence-electron chi connectivity index (χ2n) is 6.32. The fourth-order valence-electron chi connectivity index (χ4n) is 2.17. The van der Waals surface area contributed by atoms with Crippen molar-refractivity contribution in [1.29, 1.82) is 0 Å². The van der Waals surface area contributed by atoms with E-state index in [9.17, 15) is 9.59 Å². The summed E-state index contributed by atoms with van der Waals surface area (Å²) in [5, 5.41) is 2.63. The van der Waals surface area contributed by atoms with Crippen LogP contribution >= 0.6 is 0 Å². The van der Waals surface area contributed by atoms with Crippen LogP contribution in [0.3, 0.4) is 0 Å². The van der Waals surface area contributed by atoms with Gasteiger partial charge in [0.15, 0.2) is 5.69 Å². The average molecular weight is 337 g/mol. The normalized spacial score (nSPS) is 14.9. The van der Waals surface area contributed by atoms with E-state index in [-0.39, 0.29) is 5.69 Å². The molecule has 1 aliphatic heterocycles. The van der Waals surface area contributed by atoms with Crippen molar-refractivity contribution < 1.29 is 23.8 Å². The molecule has 0 aromatic carbocycles. The van der Waals surface area contributed by atoms with Gasteiger partial charge >= 0.3 is 12.1 Å². The summed E-state index contributed by atoms with van der Waals surface area (Å²) in [7, 11) is 1.28. The average Bonchev–Trinajstić information content (AvgIpc) is 2.52. The van der Waals surface area contributed by atoms with Crippen LogP contribution in [0, 0.1) is 0 Å². The lowest BCUT2D eigenvalue weighted by atomic mass is 10.2. The molecular formula is C16H23N3O5. The molecule has 0 saturated carbocycles.